The van der Waals surface area contributed by atoms with Gasteiger partial charge in [0, 0.05) is 23.4 Å². The SMILES string of the molecule is Cc1ccc2nc(-c3ccc(N=Cc4cccc([N+](=O)[O-])c4O)cc3)oc2c1. The van der Waals surface area contributed by atoms with Crippen molar-refractivity contribution < 1.29 is 14.4 Å². The van der Waals surface area contributed by atoms with E-state index in [9.17, 15) is 15.2 Å². The lowest BCUT2D eigenvalue weighted by Crippen LogP contribution is -1.91. The van der Waals surface area contributed by atoms with Crippen molar-refractivity contribution in [1.82, 2.24) is 4.98 Å². The first-order valence-corrected chi connectivity index (χ1v) is 8.49. The number of aromatic nitrogens is 1. The van der Waals surface area contributed by atoms with Gasteiger partial charge in [-0.15, -0.1) is 0 Å². The Hall–Kier alpha value is -4.00. The monoisotopic (exact) mass is 373 g/mol. The summed E-state index contributed by atoms with van der Waals surface area (Å²) in [7, 11) is 0. The van der Waals surface area contributed by atoms with Gasteiger partial charge in [0.15, 0.2) is 5.58 Å². The van der Waals surface area contributed by atoms with E-state index in [0.717, 1.165) is 22.2 Å². The Balaban J connectivity index is 1.59. The van der Waals surface area contributed by atoms with Crippen LogP contribution in [0, 0.1) is 17.0 Å². The zero-order valence-corrected chi connectivity index (χ0v) is 14.9. The van der Waals surface area contributed by atoms with E-state index in [1.807, 2.05) is 37.3 Å². The number of fused-ring (bicyclic) bond motifs is 1. The number of aliphatic imine (C=N–C) groups is 1. The van der Waals surface area contributed by atoms with Crippen molar-refractivity contribution >= 4 is 28.7 Å². The number of para-hydroxylation sites is 1. The fraction of sp³-hybridized carbons (Fsp3) is 0.0476. The maximum atomic E-state index is 10.9. The Labute approximate surface area is 159 Å². The van der Waals surface area contributed by atoms with Gasteiger partial charge in [0.2, 0.25) is 11.6 Å². The highest BCUT2D eigenvalue weighted by molar-refractivity contribution is 5.87. The number of nitro benzene ring substituents is 1. The molecule has 4 rings (SSSR count). The van der Waals surface area contributed by atoms with Gasteiger partial charge < -0.3 is 9.52 Å². The molecule has 0 bridgehead atoms. The van der Waals surface area contributed by atoms with E-state index < -0.39 is 10.7 Å². The van der Waals surface area contributed by atoms with Gasteiger partial charge in [-0.2, -0.15) is 0 Å². The fourth-order valence-corrected chi connectivity index (χ4v) is 2.79. The van der Waals surface area contributed by atoms with Gasteiger partial charge in [-0.3, -0.25) is 15.1 Å². The summed E-state index contributed by atoms with van der Waals surface area (Å²) in [6.45, 7) is 1.99. The van der Waals surface area contributed by atoms with Crippen molar-refractivity contribution in [1.29, 1.82) is 0 Å². The molecular weight excluding hydrogens is 358 g/mol. The number of aryl methyl sites for hydroxylation is 1. The summed E-state index contributed by atoms with van der Waals surface area (Å²) in [6, 6.07) is 17.4. The standard InChI is InChI=1S/C21H15N3O4/c1-13-5-10-17-19(11-13)28-21(23-17)14-6-8-16(9-7-14)22-12-15-3-2-4-18(20(15)25)24(26)27/h2-12,25H,1H3. The van der Waals surface area contributed by atoms with E-state index >= 15 is 0 Å². The fourth-order valence-electron chi connectivity index (χ4n) is 2.79. The second-order valence-corrected chi connectivity index (χ2v) is 6.27. The Kier molecular flexibility index (Phi) is 4.33. The number of phenols is 1. The van der Waals surface area contributed by atoms with Gasteiger partial charge in [0.25, 0.3) is 0 Å². The smallest absolute Gasteiger partial charge is 0.311 e. The highest BCUT2D eigenvalue weighted by Crippen LogP contribution is 2.29. The molecule has 0 saturated heterocycles. The lowest BCUT2D eigenvalue weighted by molar-refractivity contribution is -0.385. The van der Waals surface area contributed by atoms with Crippen molar-refractivity contribution in [2.75, 3.05) is 0 Å². The first-order valence-electron chi connectivity index (χ1n) is 8.49. The molecule has 0 aliphatic heterocycles. The normalized spacial score (nSPS) is 11.3. The molecule has 28 heavy (non-hydrogen) atoms. The van der Waals surface area contributed by atoms with Crippen LogP contribution in [0.4, 0.5) is 11.4 Å². The minimum atomic E-state index is -0.636. The number of phenolic OH excluding ortho intramolecular Hbond substituents is 1. The van der Waals surface area contributed by atoms with Crippen molar-refractivity contribution in [2.24, 2.45) is 4.99 Å². The van der Waals surface area contributed by atoms with Crippen molar-refractivity contribution in [3.05, 3.63) is 81.9 Å². The Morgan fingerprint density at radius 1 is 1.14 bits per heavy atom. The van der Waals surface area contributed by atoms with Crippen LogP contribution >= 0.6 is 0 Å². The highest BCUT2D eigenvalue weighted by atomic mass is 16.6. The van der Waals surface area contributed by atoms with E-state index in [0.29, 0.717) is 11.6 Å². The predicted molar refractivity (Wildman–Crippen MR) is 106 cm³/mol. The number of rotatable bonds is 4. The molecule has 0 radical (unpaired) electrons. The van der Waals surface area contributed by atoms with Gasteiger partial charge in [0.1, 0.15) is 5.52 Å². The van der Waals surface area contributed by atoms with Crippen LogP contribution < -0.4 is 0 Å². The van der Waals surface area contributed by atoms with Gasteiger partial charge in [0.05, 0.1) is 10.6 Å². The third kappa shape index (κ3) is 3.33. The summed E-state index contributed by atoms with van der Waals surface area (Å²) >= 11 is 0. The molecule has 0 amide bonds. The molecule has 1 N–H and O–H groups in total. The van der Waals surface area contributed by atoms with Gasteiger partial charge in [-0.1, -0.05) is 12.1 Å². The first-order chi connectivity index (χ1) is 13.5. The molecule has 0 saturated carbocycles. The summed E-state index contributed by atoms with van der Waals surface area (Å²) < 4.78 is 5.81. The Morgan fingerprint density at radius 3 is 2.68 bits per heavy atom. The molecule has 0 unspecified atom stereocenters. The van der Waals surface area contributed by atoms with Crippen LogP contribution in [-0.4, -0.2) is 21.2 Å². The minimum Gasteiger partial charge on any atom is -0.502 e. The molecule has 4 aromatic rings. The van der Waals surface area contributed by atoms with Gasteiger partial charge in [-0.05, 0) is 55.0 Å². The largest absolute Gasteiger partial charge is 0.502 e. The molecule has 0 spiro atoms. The third-order valence-corrected chi connectivity index (χ3v) is 4.25. The highest BCUT2D eigenvalue weighted by Gasteiger charge is 2.15. The summed E-state index contributed by atoms with van der Waals surface area (Å²) in [5, 5.41) is 20.9. The van der Waals surface area contributed by atoms with Crippen LogP contribution in [0.1, 0.15) is 11.1 Å². The van der Waals surface area contributed by atoms with Crippen molar-refractivity contribution in [3.8, 4) is 17.2 Å². The Bertz CT molecular complexity index is 1210. The number of oxazole rings is 1. The van der Waals surface area contributed by atoms with E-state index in [1.54, 1.807) is 18.2 Å². The number of nitro groups is 1. The number of nitrogens with zero attached hydrogens (tertiary/aromatic N) is 3. The van der Waals surface area contributed by atoms with E-state index in [4.69, 9.17) is 4.42 Å². The number of aromatic hydroxyl groups is 1. The van der Waals surface area contributed by atoms with E-state index in [1.165, 1.54) is 18.3 Å². The summed E-state index contributed by atoms with van der Waals surface area (Å²) in [5.74, 6) is 0.113. The Morgan fingerprint density at radius 2 is 1.93 bits per heavy atom. The van der Waals surface area contributed by atoms with Crippen molar-refractivity contribution in [3.63, 3.8) is 0 Å². The van der Waals surface area contributed by atoms with E-state index in [2.05, 4.69) is 9.98 Å². The van der Waals surface area contributed by atoms with Gasteiger partial charge in [-0.25, -0.2) is 4.98 Å². The molecule has 0 atom stereocenters. The number of hydrogen-bond acceptors (Lipinski definition) is 6. The predicted octanol–water partition coefficient (Wildman–Crippen LogP) is 5.17. The second-order valence-electron chi connectivity index (χ2n) is 6.27. The van der Waals surface area contributed by atoms with Gasteiger partial charge >= 0.3 is 5.69 Å². The van der Waals surface area contributed by atoms with Crippen LogP contribution in [0.15, 0.2) is 70.1 Å². The van der Waals surface area contributed by atoms with Crippen LogP contribution in [-0.2, 0) is 0 Å². The molecule has 0 aliphatic carbocycles. The maximum Gasteiger partial charge on any atom is 0.311 e. The van der Waals surface area contributed by atoms with Crippen LogP contribution in [0.3, 0.4) is 0 Å². The lowest BCUT2D eigenvalue weighted by Gasteiger charge is -2.00. The minimum absolute atomic E-state index is 0.271. The third-order valence-electron chi connectivity index (χ3n) is 4.25. The van der Waals surface area contributed by atoms with Crippen LogP contribution in [0.2, 0.25) is 0 Å². The van der Waals surface area contributed by atoms with E-state index in [-0.39, 0.29) is 11.3 Å². The zero-order chi connectivity index (χ0) is 19.7. The average molecular weight is 373 g/mol. The second kappa shape index (κ2) is 6.96. The molecule has 7 nitrogen and oxygen atoms in total. The topological polar surface area (TPSA) is 102 Å². The van der Waals surface area contributed by atoms with Crippen molar-refractivity contribution in [2.45, 2.75) is 6.92 Å². The summed E-state index contributed by atoms with van der Waals surface area (Å²) in [5.41, 5.74) is 3.98. The summed E-state index contributed by atoms with van der Waals surface area (Å²) in [6.07, 6.45) is 1.39. The molecule has 138 valence electrons. The number of hydrogen-bond donors (Lipinski definition) is 1. The zero-order valence-electron chi connectivity index (χ0n) is 14.9. The molecular formula is C21H15N3O4. The molecule has 0 aliphatic rings. The van der Waals surface area contributed by atoms with Crippen LogP contribution in [0.5, 0.6) is 5.75 Å². The molecule has 1 heterocycles. The average Bonchev–Trinajstić information content (AvgIpc) is 3.10. The molecule has 0 fully saturated rings. The first kappa shape index (κ1) is 17.4. The lowest BCUT2D eigenvalue weighted by atomic mass is 10.2. The molecule has 7 heteroatoms. The molecule has 3 aromatic carbocycles. The maximum absolute atomic E-state index is 10.9. The van der Waals surface area contributed by atoms with Crippen LogP contribution in [0.25, 0.3) is 22.6 Å². The summed E-state index contributed by atoms with van der Waals surface area (Å²) in [4.78, 5) is 19.0. The number of benzene rings is 3. The quantitative estimate of drug-likeness (QED) is 0.302. The molecule has 1 aromatic heterocycles.